The number of carbonyl (C=O) groups is 1. The van der Waals surface area contributed by atoms with Crippen molar-refractivity contribution in [3.8, 4) is 5.82 Å². The van der Waals surface area contributed by atoms with Crippen LogP contribution in [0.4, 0.5) is 17.2 Å². The summed E-state index contributed by atoms with van der Waals surface area (Å²) >= 11 is 5.81. The van der Waals surface area contributed by atoms with Gasteiger partial charge in [-0.3, -0.25) is 14.9 Å². The number of benzene rings is 1. The summed E-state index contributed by atoms with van der Waals surface area (Å²) in [6, 6.07) is 7.89. The SMILES string of the molecule is O=C(Nc1ccc(Cl)c([N+](=O)[O-])c1)C1CCN(c2ccc(-n3cncn3)nn2)CC1. The number of hydrogen-bond donors (Lipinski definition) is 1. The van der Waals surface area contributed by atoms with Crippen LogP contribution in [0.2, 0.25) is 5.02 Å². The Bertz CT molecular complexity index is 1050. The molecule has 0 bridgehead atoms. The summed E-state index contributed by atoms with van der Waals surface area (Å²) in [5.74, 6) is 0.936. The number of halogens is 1. The summed E-state index contributed by atoms with van der Waals surface area (Å²) < 4.78 is 1.52. The Morgan fingerprint density at radius 1 is 1.17 bits per heavy atom. The lowest BCUT2D eigenvalue weighted by Crippen LogP contribution is -2.38. The lowest BCUT2D eigenvalue weighted by molar-refractivity contribution is -0.384. The van der Waals surface area contributed by atoms with Gasteiger partial charge in [-0.05, 0) is 37.1 Å². The fourth-order valence-electron chi connectivity index (χ4n) is 3.28. The van der Waals surface area contributed by atoms with Crippen LogP contribution in [0.15, 0.2) is 43.0 Å². The second kappa shape index (κ2) is 8.41. The largest absolute Gasteiger partial charge is 0.355 e. The molecule has 1 amide bonds. The van der Waals surface area contributed by atoms with Crippen LogP contribution in [0.25, 0.3) is 5.82 Å². The summed E-state index contributed by atoms with van der Waals surface area (Å²) in [4.78, 5) is 28.9. The number of nitro benzene ring substituents is 1. The molecule has 1 aliphatic rings. The Balaban J connectivity index is 1.34. The van der Waals surface area contributed by atoms with Crippen molar-refractivity contribution >= 4 is 34.7 Å². The van der Waals surface area contributed by atoms with Gasteiger partial charge in [0.15, 0.2) is 11.6 Å². The molecule has 0 unspecified atom stereocenters. The molecule has 30 heavy (non-hydrogen) atoms. The zero-order valence-corrected chi connectivity index (χ0v) is 16.4. The number of nitro groups is 1. The Morgan fingerprint density at radius 3 is 2.53 bits per heavy atom. The van der Waals surface area contributed by atoms with Crippen LogP contribution in [0, 0.1) is 16.0 Å². The smallest absolute Gasteiger partial charge is 0.289 e. The maximum absolute atomic E-state index is 12.6. The standard InChI is InChI=1S/C18H17ClN8O3/c19-14-2-1-13(9-15(14)27(29)30)22-18(28)12-5-7-25(8-6-12)16-3-4-17(24-23-16)26-11-20-10-21-26/h1-4,9-12H,5-8H2,(H,22,28). The highest BCUT2D eigenvalue weighted by Crippen LogP contribution is 2.28. The Morgan fingerprint density at radius 2 is 1.90 bits per heavy atom. The summed E-state index contributed by atoms with van der Waals surface area (Å²) in [5, 5.41) is 26.2. The zero-order valence-electron chi connectivity index (χ0n) is 15.7. The molecule has 1 fully saturated rings. The molecule has 154 valence electrons. The normalized spacial score (nSPS) is 14.5. The number of piperidine rings is 1. The van der Waals surface area contributed by atoms with Crippen LogP contribution in [0.5, 0.6) is 0 Å². The van der Waals surface area contributed by atoms with Gasteiger partial charge in [0.25, 0.3) is 5.69 Å². The van der Waals surface area contributed by atoms with Crippen LogP contribution in [0.3, 0.4) is 0 Å². The third-order valence-electron chi connectivity index (χ3n) is 4.89. The van der Waals surface area contributed by atoms with E-state index in [2.05, 4.69) is 30.5 Å². The van der Waals surface area contributed by atoms with Crippen molar-refractivity contribution in [2.75, 3.05) is 23.3 Å². The fourth-order valence-corrected chi connectivity index (χ4v) is 3.47. The summed E-state index contributed by atoms with van der Waals surface area (Å²) in [5.41, 5.74) is 0.116. The maximum Gasteiger partial charge on any atom is 0.289 e. The number of carbonyl (C=O) groups excluding carboxylic acids is 1. The molecule has 0 spiro atoms. The molecule has 3 heterocycles. The van der Waals surface area contributed by atoms with Crippen LogP contribution in [-0.2, 0) is 4.79 Å². The fraction of sp³-hybridized carbons (Fsp3) is 0.278. The lowest BCUT2D eigenvalue weighted by Gasteiger charge is -2.31. The minimum Gasteiger partial charge on any atom is -0.355 e. The highest BCUT2D eigenvalue weighted by atomic mass is 35.5. The van der Waals surface area contributed by atoms with Gasteiger partial charge in [-0.15, -0.1) is 10.2 Å². The first-order valence-corrected chi connectivity index (χ1v) is 9.57. The van der Waals surface area contributed by atoms with E-state index in [1.54, 1.807) is 12.4 Å². The summed E-state index contributed by atoms with van der Waals surface area (Å²) in [6.07, 6.45) is 4.23. The average Bonchev–Trinajstić information content (AvgIpc) is 3.30. The van der Waals surface area contributed by atoms with Gasteiger partial charge < -0.3 is 10.2 Å². The van der Waals surface area contributed by atoms with E-state index >= 15 is 0 Å². The Hall–Kier alpha value is -3.60. The van der Waals surface area contributed by atoms with E-state index < -0.39 is 4.92 Å². The molecule has 4 rings (SSSR count). The number of aromatic nitrogens is 5. The molecule has 1 saturated heterocycles. The van der Waals surface area contributed by atoms with Gasteiger partial charge in [0.1, 0.15) is 17.7 Å². The van der Waals surface area contributed by atoms with E-state index in [9.17, 15) is 14.9 Å². The zero-order chi connectivity index (χ0) is 21.1. The van der Waals surface area contributed by atoms with E-state index in [1.165, 1.54) is 23.1 Å². The molecule has 0 saturated carbocycles. The molecule has 1 aromatic carbocycles. The third kappa shape index (κ3) is 4.20. The topological polar surface area (TPSA) is 132 Å². The van der Waals surface area contributed by atoms with Gasteiger partial charge >= 0.3 is 0 Å². The molecule has 1 aliphatic heterocycles. The third-order valence-corrected chi connectivity index (χ3v) is 5.21. The molecular formula is C18H17ClN8O3. The molecule has 2 aromatic heterocycles. The summed E-state index contributed by atoms with van der Waals surface area (Å²) in [7, 11) is 0. The van der Waals surface area contributed by atoms with E-state index in [-0.39, 0.29) is 22.5 Å². The second-order valence-electron chi connectivity index (χ2n) is 6.76. The molecule has 11 nitrogen and oxygen atoms in total. The summed E-state index contributed by atoms with van der Waals surface area (Å²) in [6.45, 7) is 1.30. The van der Waals surface area contributed by atoms with E-state index in [0.717, 1.165) is 5.82 Å². The number of nitrogens with one attached hydrogen (secondary N) is 1. The van der Waals surface area contributed by atoms with Gasteiger partial charge in [0, 0.05) is 30.8 Å². The average molecular weight is 429 g/mol. The molecule has 1 N–H and O–H groups in total. The highest BCUT2D eigenvalue weighted by molar-refractivity contribution is 6.32. The van der Waals surface area contributed by atoms with Crippen molar-refractivity contribution in [2.45, 2.75) is 12.8 Å². The van der Waals surface area contributed by atoms with E-state index in [0.29, 0.717) is 37.4 Å². The minimum absolute atomic E-state index is 0.0299. The number of anilines is 2. The van der Waals surface area contributed by atoms with Crippen molar-refractivity contribution in [3.05, 3.63) is 58.1 Å². The van der Waals surface area contributed by atoms with Crippen molar-refractivity contribution < 1.29 is 9.72 Å². The van der Waals surface area contributed by atoms with Crippen molar-refractivity contribution in [1.29, 1.82) is 0 Å². The lowest BCUT2D eigenvalue weighted by atomic mass is 9.96. The van der Waals surface area contributed by atoms with Crippen LogP contribution in [0.1, 0.15) is 12.8 Å². The number of hydrogen-bond acceptors (Lipinski definition) is 8. The van der Waals surface area contributed by atoms with Crippen molar-refractivity contribution in [2.24, 2.45) is 5.92 Å². The molecule has 0 radical (unpaired) electrons. The first kappa shape index (κ1) is 19.7. The predicted octanol–water partition coefficient (Wildman–Crippen LogP) is 2.47. The number of amides is 1. The molecular weight excluding hydrogens is 412 g/mol. The van der Waals surface area contributed by atoms with Crippen LogP contribution < -0.4 is 10.2 Å². The van der Waals surface area contributed by atoms with Gasteiger partial charge in [-0.25, -0.2) is 9.67 Å². The van der Waals surface area contributed by atoms with Gasteiger partial charge in [-0.2, -0.15) is 5.10 Å². The van der Waals surface area contributed by atoms with E-state index in [1.807, 2.05) is 12.1 Å². The quantitative estimate of drug-likeness (QED) is 0.484. The van der Waals surface area contributed by atoms with Gasteiger partial charge in [0.05, 0.1) is 4.92 Å². The van der Waals surface area contributed by atoms with Crippen LogP contribution >= 0.6 is 11.6 Å². The molecule has 3 aromatic rings. The Labute approximate surface area is 175 Å². The van der Waals surface area contributed by atoms with Crippen LogP contribution in [-0.4, -0.2) is 48.9 Å². The molecule has 12 heteroatoms. The first-order valence-electron chi connectivity index (χ1n) is 9.20. The van der Waals surface area contributed by atoms with Crippen molar-refractivity contribution in [1.82, 2.24) is 25.0 Å². The first-order chi connectivity index (χ1) is 14.5. The van der Waals surface area contributed by atoms with E-state index in [4.69, 9.17) is 11.6 Å². The highest BCUT2D eigenvalue weighted by Gasteiger charge is 2.26. The van der Waals surface area contributed by atoms with Crippen molar-refractivity contribution in [3.63, 3.8) is 0 Å². The molecule has 0 aliphatic carbocycles. The minimum atomic E-state index is -0.578. The number of nitrogens with zero attached hydrogens (tertiary/aromatic N) is 7. The predicted molar refractivity (Wildman–Crippen MR) is 109 cm³/mol. The monoisotopic (exact) mass is 428 g/mol. The maximum atomic E-state index is 12.6. The van der Waals surface area contributed by atoms with Gasteiger partial charge in [0.2, 0.25) is 5.91 Å². The van der Waals surface area contributed by atoms with Gasteiger partial charge in [-0.1, -0.05) is 11.6 Å². The molecule has 0 atom stereocenters. The number of rotatable bonds is 5. The Kier molecular flexibility index (Phi) is 5.53. The second-order valence-corrected chi connectivity index (χ2v) is 7.17.